The summed E-state index contributed by atoms with van der Waals surface area (Å²) in [7, 11) is 1.67. The van der Waals surface area contributed by atoms with Gasteiger partial charge in [-0.2, -0.15) is 0 Å². The number of fused-ring (bicyclic) bond motifs is 1. The summed E-state index contributed by atoms with van der Waals surface area (Å²) in [5, 5.41) is 2.99. The Kier molecular flexibility index (Phi) is 7.74. The highest BCUT2D eigenvalue weighted by molar-refractivity contribution is 5.96. The van der Waals surface area contributed by atoms with Crippen molar-refractivity contribution in [2.75, 3.05) is 53.2 Å². The van der Waals surface area contributed by atoms with Crippen molar-refractivity contribution in [3.63, 3.8) is 0 Å². The van der Waals surface area contributed by atoms with Gasteiger partial charge >= 0.3 is 12.0 Å². The molecule has 2 aromatic rings. The lowest BCUT2D eigenvalue weighted by Gasteiger charge is -2.37. The van der Waals surface area contributed by atoms with Crippen LogP contribution in [0.4, 0.5) is 4.79 Å². The molecule has 5 rings (SSSR count). The fourth-order valence-corrected chi connectivity index (χ4v) is 5.30. The molecule has 1 N–H and O–H groups in total. The van der Waals surface area contributed by atoms with Crippen LogP contribution in [0.15, 0.2) is 53.7 Å². The second-order valence-corrected chi connectivity index (χ2v) is 9.87. The van der Waals surface area contributed by atoms with E-state index < -0.39 is 12.0 Å². The fourth-order valence-electron chi connectivity index (χ4n) is 5.30. The van der Waals surface area contributed by atoms with Crippen LogP contribution < -0.4 is 14.8 Å². The van der Waals surface area contributed by atoms with Crippen molar-refractivity contribution in [1.82, 2.24) is 20.0 Å². The number of ether oxygens (including phenoxy) is 3. The first-order valence-corrected chi connectivity index (χ1v) is 13.3. The number of urea groups is 1. The van der Waals surface area contributed by atoms with Crippen molar-refractivity contribution in [3.05, 3.63) is 70.4 Å². The summed E-state index contributed by atoms with van der Waals surface area (Å²) >= 11 is 0. The molecule has 1 fully saturated rings. The summed E-state index contributed by atoms with van der Waals surface area (Å²) in [5.74, 6) is 0.721. The molecule has 3 amide bonds. The molecule has 0 radical (unpaired) electrons. The maximum Gasteiger partial charge on any atom is 0.338 e. The quantitative estimate of drug-likeness (QED) is 0.569. The molecule has 0 aliphatic carbocycles. The van der Waals surface area contributed by atoms with Crippen LogP contribution in [0, 0.1) is 6.92 Å². The van der Waals surface area contributed by atoms with Gasteiger partial charge in [0.2, 0.25) is 6.79 Å². The number of esters is 1. The Morgan fingerprint density at radius 3 is 2.64 bits per heavy atom. The largest absolute Gasteiger partial charge is 0.463 e. The van der Waals surface area contributed by atoms with Gasteiger partial charge in [0.1, 0.15) is 0 Å². The first-order chi connectivity index (χ1) is 18.9. The lowest BCUT2D eigenvalue weighted by atomic mass is 9.91. The van der Waals surface area contributed by atoms with Gasteiger partial charge in [-0.3, -0.25) is 14.6 Å². The Bertz CT molecular complexity index is 1310. The second kappa shape index (κ2) is 11.4. The van der Waals surface area contributed by atoms with Gasteiger partial charge in [-0.25, -0.2) is 9.59 Å². The van der Waals surface area contributed by atoms with Gasteiger partial charge in [0.25, 0.3) is 5.91 Å². The molecule has 206 valence electrons. The van der Waals surface area contributed by atoms with Gasteiger partial charge in [0, 0.05) is 51.0 Å². The van der Waals surface area contributed by atoms with Crippen LogP contribution in [0.3, 0.4) is 0 Å². The standard InChI is InChI=1S/C29H34N4O6/c1-4-37-28(35)25-22(31(3)29(36)30-26(25)21-9-6-5-8-19(21)2)17-32-12-7-13-33(15-14-32)27(34)20-10-11-23-24(16-20)39-18-38-23/h5-6,8-11,16,26H,4,7,12-15,17-18H2,1-3H3,(H,30,36). The van der Waals surface area contributed by atoms with Crippen molar-refractivity contribution in [1.29, 1.82) is 0 Å². The highest BCUT2D eigenvalue weighted by Gasteiger charge is 2.38. The first kappa shape index (κ1) is 26.6. The molecule has 1 saturated heterocycles. The number of amides is 3. The molecule has 0 saturated carbocycles. The fraction of sp³-hybridized carbons (Fsp3) is 0.414. The van der Waals surface area contributed by atoms with Gasteiger partial charge in [-0.1, -0.05) is 24.3 Å². The van der Waals surface area contributed by atoms with E-state index in [4.69, 9.17) is 14.2 Å². The average molecular weight is 535 g/mol. The highest BCUT2D eigenvalue weighted by Crippen LogP contribution is 2.34. The topological polar surface area (TPSA) is 101 Å². The van der Waals surface area contributed by atoms with Crippen LogP contribution in [0.25, 0.3) is 0 Å². The molecule has 39 heavy (non-hydrogen) atoms. The zero-order chi connectivity index (χ0) is 27.5. The Morgan fingerprint density at radius 1 is 1.05 bits per heavy atom. The zero-order valence-corrected chi connectivity index (χ0v) is 22.6. The molecule has 0 spiro atoms. The van der Waals surface area contributed by atoms with Crippen LogP contribution in [-0.2, 0) is 9.53 Å². The molecular weight excluding hydrogens is 500 g/mol. The van der Waals surface area contributed by atoms with Crippen LogP contribution in [0.2, 0.25) is 0 Å². The summed E-state index contributed by atoms with van der Waals surface area (Å²) < 4.78 is 16.3. The number of carbonyl (C=O) groups excluding carboxylic acids is 3. The molecule has 1 unspecified atom stereocenters. The zero-order valence-electron chi connectivity index (χ0n) is 22.6. The van der Waals surface area contributed by atoms with Crippen molar-refractivity contribution >= 4 is 17.9 Å². The van der Waals surface area contributed by atoms with E-state index in [-0.39, 0.29) is 25.3 Å². The molecule has 0 aromatic heterocycles. The van der Waals surface area contributed by atoms with Gasteiger partial charge in [0.05, 0.1) is 18.2 Å². The van der Waals surface area contributed by atoms with Crippen LogP contribution in [0.1, 0.15) is 40.9 Å². The monoisotopic (exact) mass is 534 g/mol. The minimum absolute atomic E-state index is 0.0599. The summed E-state index contributed by atoms with van der Waals surface area (Å²) in [6.07, 6.45) is 0.759. The molecule has 3 heterocycles. The number of nitrogens with zero attached hydrogens (tertiary/aromatic N) is 3. The van der Waals surface area contributed by atoms with E-state index >= 15 is 0 Å². The third-order valence-electron chi connectivity index (χ3n) is 7.44. The number of hydrogen-bond donors (Lipinski definition) is 1. The van der Waals surface area contributed by atoms with E-state index in [1.165, 1.54) is 4.90 Å². The summed E-state index contributed by atoms with van der Waals surface area (Å²) in [6.45, 7) is 6.94. The summed E-state index contributed by atoms with van der Waals surface area (Å²) in [6, 6.07) is 12.1. The average Bonchev–Trinajstić information content (AvgIpc) is 3.28. The van der Waals surface area contributed by atoms with E-state index in [9.17, 15) is 14.4 Å². The molecule has 2 aromatic carbocycles. The van der Waals surface area contributed by atoms with E-state index in [0.29, 0.717) is 54.5 Å². The predicted octanol–water partition coefficient (Wildman–Crippen LogP) is 3.09. The minimum atomic E-state index is -0.611. The third-order valence-corrected chi connectivity index (χ3v) is 7.44. The molecular formula is C29H34N4O6. The van der Waals surface area contributed by atoms with Crippen molar-refractivity contribution in [2.45, 2.75) is 26.3 Å². The number of nitrogens with one attached hydrogen (secondary N) is 1. The minimum Gasteiger partial charge on any atom is -0.463 e. The lowest BCUT2D eigenvalue weighted by molar-refractivity contribution is -0.139. The number of likely N-dealkylation sites (N-methyl/N-ethyl adjacent to an activating group) is 1. The summed E-state index contributed by atoms with van der Waals surface area (Å²) in [4.78, 5) is 45.1. The molecule has 1 atom stereocenters. The van der Waals surface area contributed by atoms with Crippen molar-refractivity contribution < 1.29 is 28.6 Å². The van der Waals surface area contributed by atoms with E-state index in [1.54, 1.807) is 32.2 Å². The van der Waals surface area contributed by atoms with Gasteiger partial charge in [-0.15, -0.1) is 0 Å². The number of rotatable bonds is 6. The van der Waals surface area contributed by atoms with Crippen LogP contribution in [-0.4, -0.2) is 85.8 Å². The number of hydrogen-bond acceptors (Lipinski definition) is 7. The number of carbonyl (C=O) groups is 3. The Balaban J connectivity index is 1.38. The SMILES string of the molecule is CCOC(=O)C1=C(CN2CCCN(C(=O)c3ccc4c(c3)OCO4)CC2)N(C)C(=O)NC1c1ccccc1C. The Morgan fingerprint density at radius 2 is 1.85 bits per heavy atom. The summed E-state index contributed by atoms with van der Waals surface area (Å²) in [5.41, 5.74) is 3.44. The number of benzene rings is 2. The maximum atomic E-state index is 13.3. The number of aryl methyl sites for hydroxylation is 1. The van der Waals surface area contributed by atoms with Crippen molar-refractivity contribution in [2.24, 2.45) is 0 Å². The first-order valence-electron chi connectivity index (χ1n) is 13.3. The predicted molar refractivity (Wildman–Crippen MR) is 143 cm³/mol. The van der Waals surface area contributed by atoms with Crippen LogP contribution in [0.5, 0.6) is 11.5 Å². The lowest BCUT2D eigenvalue weighted by Crippen LogP contribution is -2.49. The molecule has 0 bridgehead atoms. The van der Waals surface area contributed by atoms with Crippen LogP contribution >= 0.6 is 0 Å². The normalized spacial score (nSPS) is 19.6. The van der Waals surface area contributed by atoms with E-state index in [0.717, 1.165) is 24.1 Å². The smallest absolute Gasteiger partial charge is 0.338 e. The highest BCUT2D eigenvalue weighted by atomic mass is 16.7. The molecule has 3 aliphatic heterocycles. The maximum absolute atomic E-state index is 13.3. The Labute approximate surface area is 228 Å². The Hall–Kier alpha value is -4.05. The van der Waals surface area contributed by atoms with E-state index in [1.807, 2.05) is 36.1 Å². The third kappa shape index (κ3) is 5.42. The van der Waals surface area contributed by atoms with E-state index in [2.05, 4.69) is 10.2 Å². The molecule has 3 aliphatic rings. The molecule has 10 nitrogen and oxygen atoms in total. The van der Waals surface area contributed by atoms with Gasteiger partial charge in [0.15, 0.2) is 11.5 Å². The van der Waals surface area contributed by atoms with Crippen molar-refractivity contribution in [3.8, 4) is 11.5 Å². The van der Waals surface area contributed by atoms with Gasteiger partial charge in [-0.05, 0) is 49.6 Å². The molecule has 10 heteroatoms. The van der Waals surface area contributed by atoms with Gasteiger partial charge < -0.3 is 24.4 Å². The second-order valence-electron chi connectivity index (χ2n) is 9.87.